The number of esters is 3. The van der Waals surface area contributed by atoms with Crippen LogP contribution in [0.4, 0.5) is 0 Å². The zero-order chi connectivity index (χ0) is 17.2. The molecule has 0 N–H and O–H groups in total. The van der Waals surface area contributed by atoms with E-state index < -0.39 is 29.4 Å². The Labute approximate surface area is 130 Å². The summed E-state index contributed by atoms with van der Waals surface area (Å²) in [6, 6.07) is 0. The van der Waals surface area contributed by atoms with Gasteiger partial charge in [-0.1, -0.05) is 6.08 Å². The van der Waals surface area contributed by atoms with Crippen LogP contribution in [-0.2, 0) is 28.6 Å². The molecule has 0 aromatic heterocycles. The first-order valence-electron chi connectivity index (χ1n) is 6.78. The monoisotopic (exact) mass is 310 g/mol. The van der Waals surface area contributed by atoms with Gasteiger partial charge in [-0.25, -0.2) is 0 Å². The van der Waals surface area contributed by atoms with Crippen LogP contribution in [0.2, 0.25) is 0 Å². The van der Waals surface area contributed by atoms with Gasteiger partial charge >= 0.3 is 17.9 Å². The Morgan fingerprint density at radius 3 is 2.18 bits per heavy atom. The van der Waals surface area contributed by atoms with E-state index in [1.165, 1.54) is 21.1 Å². The molecule has 0 saturated heterocycles. The van der Waals surface area contributed by atoms with Gasteiger partial charge in [0.25, 0.3) is 0 Å². The third-order valence-electron chi connectivity index (χ3n) is 3.07. The van der Waals surface area contributed by atoms with Crippen LogP contribution in [0.25, 0.3) is 0 Å². The standard InChI is InChI=1S/C16H22O6/c1-6-7-10-16(14(18)20-4,15(19)21-5)11-8-9-12(2)22-13(3)17/h1,8-9,12H,7,10-11H2,2-5H3/b9-8-. The predicted molar refractivity (Wildman–Crippen MR) is 79.5 cm³/mol. The van der Waals surface area contributed by atoms with E-state index in [4.69, 9.17) is 20.6 Å². The van der Waals surface area contributed by atoms with Crippen molar-refractivity contribution >= 4 is 17.9 Å². The second-order valence-corrected chi connectivity index (χ2v) is 4.72. The average molecular weight is 310 g/mol. The molecule has 0 radical (unpaired) electrons. The van der Waals surface area contributed by atoms with Crippen molar-refractivity contribution in [2.45, 2.75) is 39.2 Å². The normalized spacial score (nSPS) is 12.3. The van der Waals surface area contributed by atoms with Crippen LogP contribution in [0, 0.1) is 17.8 Å². The molecule has 0 rings (SSSR count). The van der Waals surface area contributed by atoms with Gasteiger partial charge in [0.1, 0.15) is 6.10 Å². The minimum atomic E-state index is -1.50. The molecule has 1 atom stereocenters. The van der Waals surface area contributed by atoms with Crippen molar-refractivity contribution in [3.05, 3.63) is 12.2 Å². The molecule has 0 saturated carbocycles. The number of methoxy groups -OCH3 is 2. The SMILES string of the molecule is C#CCCC(C/C=C\C(C)OC(C)=O)(C(=O)OC)C(=O)OC. The molecule has 0 aliphatic carbocycles. The molecule has 22 heavy (non-hydrogen) atoms. The molecular weight excluding hydrogens is 288 g/mol. The smallest absolute Gasteiger partial charge is 0.323 e. The van der Waals surface area contributed by atoms with Gasteiger partial charge in [0.15, 0.2) is 5.41 Å². The van der Waals surface area contributed by atoms with Gasteiger partial charge in [0, 0.05) is 13.3 Å². The van der Waals surface area contributed by atoms with Gasteiger partial charge < -0.3 is 14.2 Å². The molecule has 1 unspecified atom stereocenters. The largest absolute Gasteiger partial charge is 0.468 e. The summed E-state index contributed by atoms with van der Waals surface area (Å²) in [6.07, 6.45) is 8.28. The molecule has 0 aromatic rings. The summed E-state index contributed by atoms with van der Waals surface area (Å²) in [6.45, 7) is 2.96. The summed E-state index contributed by atoms with van der Waals surface area (Å²) in [5.41, 5.74) is -1.50. The number of ether oxygens (including phenoxy) is 3. The first kappa shape index (κ1) is 19.7. The van der Waals surface area contributed by atoms with Gasteiger partial charge in [-0.2, -0.15) is 0 Å². The minimum Gasteiger partial charge on any atom is -0.468 e. The maximum atomic E-state index is 12.1. The summed E-state index contributed by atoms with van der Waals surface area (Å²) in [5, 5.41) is 0. The first-order chi connectivity index (χ1) is 10.3. The highest BCUT2D eigenvalue weighted by molar-refractivity contribution is 6.00. The highest BCUT2D eigenvalue weighted by atomic mass is 16.5. The third kappa shape index (κ3) is 5.60. The van der Waals surface area contributed by atoms with E-state index in [1.807, 2.05) is 0 Å². The van der Waals surface area contributed by atoms with Gasteiger partial charge in [-0.15, -0.1) is 12.3 Å². The number of terminal acetylenes is 1. The summed E-state index contributed by atoms with van der Waals surface area (Å²) in [5.74, 6) is 0.560. The van der Waals surface area contributed by atoms with Crippen LogP contribution in [0.1, 0.15) is 33.1 Å². The molecule has 0 heterocycles. The van der Waals surface area contributed by atoms with Crippen LogP contribution >= 0.6 is 0 Å². The number of allylic oxidation sites excluding steroid dienone is 1. The van der Waals surface area contributed by atoms with E-state index in [-0.39, 0.29) is 19.3 Å². The zero-order valence-corrected chi connectivity index (χ0v) is 13.4. The van der Waals surface area contributed by atoms with Crippen molar-refractivity contribution < 1.29 is 28.6 Å². The maximum absolute atomic E-state index is 12.1. The Morgan fingerprint density at radius 1 is 1.23 bits per heavy atom. The number of rotatable bonds is 8. The number of carbonyl (C=O) groups excluding carboxylic acids is 3. The molecular formula is C16H22O6. The summed E-state index contributed by atoms with van der Waals surface area (Å²) >= 11 is 0. The molecule has 6 heteroatoms. The summed E-state index contributed by atoms with van der Waals surface area (Å²) in [7, 11) is 2.39. The van der Waals surface area contributed by atoms with E-state index in [2.05, 4.69) is 5.92 Å². The fourth-order valence-corrected chi connectivity index (χ4v) is 1.99. The second kappa shape index (κ2) is 9.61. The lowest BCUT2D eigenvalue weighted by atomic mass is 9.79. The van der Waals surface area contributed by atoms with Crippen molar-refractivity contribution in [3.8, 4) is 12.3 Å². The van der Waals surface area contributed by atoms with Crippen molar-refractivity contribution in [1.82, 2.24) is 0 Å². The number of hydrogen-bond donors (Lipinski definition) is 0. The second-order valence-electron chi connectivity index (χ2n) is 4.72. The van der Waals surface area contributed by atoms with Gasteiger partial charge in [0.2, 0.25) is 0 Å². The highest BCUT2D eigenvalue weighted by Crippen LogP contribution is 2.32. The van der Waals surface area contributed by atoms with Crippen molar-refractivity contribution in [2.24, 2.45) is 5.41 Å². The fourth-order valence-electron chi connectivity index (χ4n) is 1.99. The van der Waals surface area contributed by atoms with Crippen LogP contribution in [0.15, 0.2) is 12.2 Å². The van der Waals surface area contributed by atoms with Crippen LogP contribution < -0.4 is 0 Å². The maximum Gasteiger partial charge on any atom is 0.323 e. The molecule has 122 valence electrons. The fraction of sp³-hybridized carbons (Fsp3) is 0.562. The van der Waals surface area contributed by atoms with Crippen molar-refractivity contribution in [2.75, 3.05) is 14.2 Å². The average Bonchev–Trinajstić information content (AvgIpc) is 2.48. The van der Waals surface area contributed by atoms with Gasteiger partial charge in [-0.3, -0.25) is 14.4 Å². The minimum absolute atomic E-state index is 0.0413. The van der Waals surface area contributed by atoms with Gasteiger partial charge in [0.05, 0.1) is 14.2 Å². The topological polar surface area (TPSA) is 78.9 Å². The van der Waals surface area contributed by atoms with E-state index in [9.17, 15) is 14.4 Å². The first-order valence-corrected chi connectivity index (χ1v) is 6.78. The summed E-state index contributed by atoms with van der Waals surface area (Å²) in [4.78, 5) is 35.0. The Bertz CT molecular complexity index is 456. The van der Waals surface area contributed by atoms with Crippen LogP contribution in [-0.4, -0.2) is 38.2 Å². The van der Waals surface area contributed by atoms with Crippen LogP contribution in [0.3, 0.4) is 0 Å². The lowest BCUT2D eigenvalue weighted by molar-refractivity contribution is -0.169. The highest BCUT2D eigenvalue weighted by Gasteiger charge is 2.46. The number of carbonyl (C=O) groups is 3. The Balaban J connectivity index is 5.25. The molecule has 0 aliphatic heterocycles. The quantitative estimate of drug-likeness (QED) is 0.223. The van der Waals surface area contributed by atoms with E-state index in [0.29, 0.717) is 0 Å². The lowest BCUT2D eigenvalue weighted by Crippen LogP contribution is -2.41. The molecule has 0 amide bonds. The lowest BCUT2D eigenvalue weighted by Gasteiger charge is -2.26. The Morgan fingerprint density at radius 2 is 1.77 bits per heavy atom. The molecule has 0 aliphatic rings. The van der Waals surface area contributed by atoms with E-state index >= 15 is 0 Å². The molecule has 0 spiro atoms. The van der Waals surface area contributed by atoms with Crippen molar-refractivity contribution in [3.63, 3.8) is 0 Å². The zero-order valence-electron chi connectivity index (χ0n) is 13.4. The number of hydrogen-bond acceptors (Lipinski definition) is 6. The van der Waals surface area contributed by atoms with Crippen LogP contribution in [0.5, 0.6) is 0 Å². The van der Waals surface area contributed by atoms with E-state index in [1.54, 1.807) is 19.1 Å². The molecule has 0 fully saturated rings. The third-order valence-corrected chi connectivity index (χ3v) is 3.07. The molecule has 0 aromatic carbocycles. The molecule has 0 bridgehead atoms. The predicted octanol–water partition coefficient (Wildman–Crippen LogP) is 1.63. The molecule has 6 nitrogen and oxygen atoms in total. The Kier molecular flexibility index (Phi) is 8.61. The van der Waals surface area contributed by atoms with E-state index in [0.717, 1.165) is 0 Å². The van der Waals surface area contributed by atoms with Gasteiger partial charge in [-0.05, 0) is 25.8 Å². The van der Waals surface area contributed by atoms with Crippen molar-refractivity contribution in [1.29, 1.82) is 0 Å². The Hall–Kier alpha value is -2.29. The summed E-state index contributed by atoms with van der Waals surface area (Å²) < 4.78 is 14.4.